The second-order valence-corrected chi connectivity index (χ2v) is 2.36. The van der Waals surface area contributed by atoms with E-state index in [1.807, 2.05) is 24.3 Å². The van der Waals surface area contributed by atoms with Gasteiger partial charge in [-0.2, -0.15) is 0 Å². The molecule has 0 aliphatic heterocycles. The minimum atomic E-state index is 0.564. The smallest absolute Gasteiger partial charge is 0.174 e. The predicted octanol–water partition coefficient (Wildman–Crippen LogP) is 1.67. The zero-order chi connectivity index (χ0) is 8.39. The summed E-state index contributed by atoms with van der Waals surface area (Å²) in [6.07, 6.45) is 1.58. The lowest BCUT2D eigenvalue weighted by Gasteiger charge is -1.94. The van der Waals surface area contributed by atoms with Crippen LogP contribution in [-0.2, 0) is 0 Å². The van der Waals surface area contributed by atoms with Gasteiger partial charge in [0.2, 0.25) is 0 Å². The Morgan fingerprint density at radius 1 is 1.08 bits per heavy atom. The van der Waals surface area contributed by atoms with Gasteiger partial charge < -0.3 is 0 Å². The third kappa shape index (κ3) is 1.05. The van der Waals surface area contributed by atoms with Crippen LogP contribution in [-0.4, -0.2) is 15.2 Å². The highest BCUT2D eigenvalue weighted by Crippen LogP contribution is 2.06. The van der Waals surface area contributed by atoms with E-state index >= 15 is 0 Å². The number of para-hydroxylation sites is 1. The van der Waals surface area contributed by atoms with Crippen LogP contribution in [0.25, 0.3) is 17.1 Å². The summed E-state index contributed by atoms with van der Waals surface area (Å²) in [7, 11) is 0. The number of aromatic nitrogens is 3. The van der Waals surface area contributed by atoms with Gasteiger partial charge in [0.25, 0.3) is 0 Å². The first-order chi connectivity index (χ1) is 5.90. The quantitative estimate of drug-likeness (QED) is 0.632. The molecular formula is C9H7N3. The summed E-state index contributed by atoms with van der Waals surface area (Å²) >= 11 is 0. The summed E-state index contributed by atoms with van der Waals surface area (Å²) < 4.78 is 0. The van der Waals surface area contributed by atoms with Crippen LogP contribution in [0.1, 0.15) is 5.82 Å². The van der Waals surface area contributed by atoms with E-state index in [0.717, 1.165) is 11.0 Å². The fourth-order valence-corrected chi connectivity index (χ4v) is 0.981. The molecule has 0 bridgehead atoms. The van der Waals surface area contributed by atoms with Gasteiger partial charge in [-0.05, 0) is 18.2 Å². The highest BCUT2D eigenvalue weighted by molar-refractivity contribution is 5.73. The Balaban J connectivity index is 2.75. The minimum absolute atomic E-state index is 0.564. The van der Waals surface area contributed by atoms with Gasteiger partial charge in [-0.3, -0.25) is 0 Å². The number of rotatable bonds is 1. The molecule has 1 heterocycles. The van der Waals surface area contributed by atoms with Gasteiger partial charge in [-0.15, -0.1) is 10.2 Å². The summed E-state index contributed by atoms with van der Waals surface area (Å²) in [5.74, 6) is 0.564. The number of hydrogen-bond donors (Lipinski definition) is 0. The highest BCUT2D eigenvalue weighted by Gasteiger charge is 1.95. The third-order valence-electron chi connectivity index (χ3n) is 1.56. The average molecular weight is 157 g/mol. The topological polar surface area (TPSA) is 38.7 Å². The molecule has 1 aromatic carbocycles. The second-order valence-electron chi connectivity index (χ2n) is 2.36. The molecule has 58 valence electrons. The molecule has 0 amide bonds. The molecule has 0 fully saturated rings. The van der Waals surface area contributed by atoms with Crippen molar-refractivity contribution < 1.29 is 0 Å². The second kappa shape index (κ2) is 2.70. The van der Waals surface area contributed by atoms with Crippen molar-refractivity contribution in [2.45, 2.75) is 0 Å². The maximum atomic E-state index is 4.20. The van der Waals surface area contributed by atoms with Crippen LogP contribution >= 0.6 is 0 Å². The first kappa shape index (κ1) is 6.91. The van der Waals surface area contributed by atoms with Crippen molar-refractivity contribution in [2.75, 3.05) is 0 Å². The molecule has 2 aromatic rings. The van der Waals surface area contributed by atoms with Crippen molar-refractivity contribution in [1.82, 2.24) is 15.2 Å². The molecule has 3 heteroatoms. The molecule has 0 unspecified atom stereocenters. The Kier molecular flexibility index (Phi) is 1.55. The first-order valence-corrected chi connectivity index (χ1v) is 3.62. The van der Waals surface area contributed by atoms with Crippen LogP contribution in [0.15, 0.2) is 30.8 Å². The molecule has 0 aliphatic rings. The van der Waals surface area contributed by atoms with E-state index in [2.05, 4.69) is 21.8 Å². The van der Waals surface area contributed by atoms with Gasteiger partial charge in [0, 0.05) is 0 Å². The van der Waals surface area contributed by atoms with E-state index in [-0.39, 0.29) is 0 Å². The van der Waals surface area contributed by atoms with Crippen molar-refractivity contribution >= 4 is 17.1 Å². The lowest BCUT2D eigenvalue weighted by Crippen LogP contribution is -1.91. The Morgan fingerprint density at radius 2 is 1.83 bits per heavy atom. The third-order valence-corrected chi connectivity index (χ3v) is 1.56. The van der Waals surface area contributed by atoms with Gasteiger partial charge in [-0.1, -0.05) is 18.7 Å². The standard InChI is InChI=1S/C9H7N3/c1-2-9-10-7-5-3-4-6-8(7)11-12-9/h2-6H,1H2. The number of hydrogen-bond acceptors (Lipinski definition) is 3. The largest absolute Gasteiger partial charge is 0.225 e. The fraction of sp³-hybridized carbons (Fsp3) is 0. The molecule has 0 saturated heterocycles. The van der Waals surface area contributed by atoms with Crippen LogP contribution in [0, 0.1) is 0 Å². The van der Waals surface area contributed by atoms with Gasteiger partial charge in [-0.25, -0.2) is 4.98 Å². The van der Waals surface area contributed by atoms with E-state index in [0.29, 0.717) is 5.82 Å². The lowest BCUT2D eigenvalue weighted by atomic mass is 10.3. The van der Waals surface area contributed by atoms with Crippen molar-refractivity contribution in [3.05, 3.63) is 36.7 Å². The molecular weight excluding hydrogens is 150 g/mol. The monoisotopic (exact) mass is 157 g/mol. The summed E-state index contributed by atoms with van der Waals surface area (Å²) in [5, 5.41) is 7.81. The van der Waals surface area contributed by atoms with E-state index in [1.54, 1.807) is 6.08 Å². The number of nitrogens with zero attached hydrogens (tertiary/aromatic N) is 3. The molecule has 3 nitrogen and oxygen atoms in total. The van der Waals surface area contributed by atoms with Gasteiger partial charge in [0.15, 0.2) is 5.82 Å². The summed E-state index contributed by atoms with van der Waals surface area (Å²) in [5.41, 5.74) is 1.66. The van der Waals surface area contributed by atoms with Gasteiger partial charge >= 0.3 is 0 Å². The fourth-order valence-electron chi connectivity index (χ4n) is 0.981. The molecule has 0 saturated carbocycles. The normalized spacial score (nSPS) is 10.0. The van der Waals surface area contributed by atoms with Crippen LogP contribution in [0.3, 0.4) is 0 Å². The lowest BCUT2D eigenvalue weighted by molar-refractivity contribution is 1.00. The van der Waals surface area contributed by atoms with E-state index in [1.165, 1.54) is 0 Å². The van der Waals surface area contributed by atoms with Crippen molar-refractivity contribution in [3.8, 4) is 0 Å². The van der Waals surface area contributed by atoms with Gasteiger partial charge in [0.1, 0.15) is 5.52 Å². The van der Waals surface area contributed by atoms with Crippen LogP contribution < -0.4 is 0 Å². The minimum Gasteiger partial charge on any atom is -0.225 e. The predicted molar refractivity (Wildman–Crippen MR) is 47.4 cm³/mol. The average Bonchev–Trinajstić information content (AvgIpc) is 2.17. The highest BCUT2D eigenvalue weighted by atomic mass is 15.1. The molecule has 2 rings (SSSR count). The maximum absolute atomic E-state index is 4.20. The first-order valence-electron chi connectivity index (χ1n) is 3.62. The molecule has 0 radical (unpaired) electrons. The Hall–Kier alpha value is -1.77. The molecule has 0 N–H and O–H groups in total. The zero-order valence-electron chi connectivity index (χ0n) is 6.44. The molecule has 0 aliphatic carbocycles. The van der Waals surface area contributed by atoms with Gasteiger partial charge in [0.05, 0.1) is 5.52 Å². The molecule has 0 atom stereocenters. The summed E-state index contributed by atoms with van der Waals surface area (Å²) in [6, 6.07) is 7.61. The van der Waals surface area contributed by atoms with Crippen LogP contribution in [0.4, 0.5) is 0 Å². The van der Waals surface area contributed by atoms with Crippen molar-refractivity contribution in [2.24, 2.45) is 0 Å². The maximum Gasteiger partial charge on any atom is 0.174 e. The van der Waals surface area contributed by atoms with E-state index < -0.39 is 0 Å². The zero-order valence-corrected chi connectivity index (χ0v) is 6.44. The Labute approximate surface area is 69.8 Å². The molecule has 0 spiro atoms. The van der Waals surface area contributed by atoms with E-state index in [4.69, 9.17) is 0 Å². The molecule has 12 heavy (non-hydrogen) atoms. The number of benzene rings is 1. The Bertz CT molecular complexity index is 423. The van der Waals surface area contributed by atoms with Crippen molar-refractivity contribution in [1.29, 1.82) is 0 Å². The summed E-state index contributed by atoms with van der Waals surface area (Å²) in [6.45, 7) is 3.57. The Morgan fingerprint density at radius 3 is 2.58 bits per heavy atom. The molecule has 1 aromatic heterocycles. The SMILES string of the molecule is C=Cc1nnc2ccccc2n1. The number of fused-ring (bicyclic) bond motifs is 1. The van der Waals surface area contributed by atoms with Crippen LogP contribution in [0.5, 0.6) is 0 Å². The van der Waals surface area contributed by atoms with Crippen LogP contribution in [0.2, 0.25) is 0 Å². The van der Waals surface area contributed by atoms with Crippen molar-refractivity contribution in [3.63, 3.8) is 0 Å². The van der Waals surface area contributed by atoms with E-state index in [9.17, 15) is 0 Å². The summed E-state index contributed by atoms with van der Waals surface area (Å²) in [4.78, 5) is 4.20.